The first-order chi connectivity index (χ1) is 8.85. The quantitative estimate of drug-likeness (QED) is 0.460. The first-order valence-corrected chi connectivity index (χ1v) is 8.26. The van der Waals surface area contributed by atoms with Crippen molar-refractivity contribution in [1.82, 2.24) is 10.6 Å². The number of hydrogen-bond acceptors (Lipinski definition) is 2. The molecule has 0 fully saturated rings. The van der Waals surface area contributed by atoms with Gasteiger partial charge in [0.05, 0.1) is 0 Å². The van der Waals surface area contributed by atoms with Gasteiger partial charge in [0.15, 0.2) is 0 Å². The maximum atomic E-state index is 3.41. The van der Waals surface area contributed by atoms with E-state index >= 15 is 0 Å². The number of hydrogen-bond donors (Lipinski definition) is 2. The van der Waals surface area contributed by atoms with E-state index in [0.717, 1.165) is 19.0 Å². The SMILES string of the molecule is CCCC(CCCCNCC)CCCCNCC. The highest BCUT2D eigenvalue weighted by molar-refractivity contribution is 4.61. The van der Waals surface area contributed by atoms with Crippen LogP contribution in [-0.4, -0.2) is 26.2 Å². The molecule has 2 heteroatoms. The van der Waals surface area contributed by atoms with Crippen LogP contribution in [0.15, 0.2) is 0 Å². The van der Waals surface area contributed by atoms with Gasteiger partial charge in [0.2, 0.25) is 0 Å². The van der Waals surface area contributed by atoms with Crippen molar-refractivity contribution in [2.24, 2.45) is 5.92 Å². The monoisotopic (exact) mass is 256 g/mol. The molecule has 0 aromatic heterocycles. The Bertz CT molecular complexity index is 134. The Morgan fingerprint density at radius 2 is 1.17 bits per heavy atom. The lowest BCUT2D eigenvalue weighted by molar-refractivity contribution is 0.381. The van der Waals surface area contributed by atoms with E-state index in [0.29, 0.717) is 0 Å². The van der Waals surface area contributed by atoms with Crippen molar-refractivity contribution in [1.29, 1.82) is 0 Å². The van der Waals surface area contributed by atoms with Crippen LogP contribution in [-0.2, 0) is 0 Å². The zero-order valence-corrected chi connectivity index (χ0v) is 13.1. The van der Waals surface area contributed by atoms with E-state index in [4.69, 9.17) is 0 Å². The van der Waals surface area contributed by atoms with Crippen LogP contribution in [0, 0.1) is 5.92 Å². The van der Waals surface area contributed by atoms with E-state index in [-0.39, 0.29) is 0 Å². The highest BCUT2D eigenvalue weighted by atomic mass is 14.8. The molecule has 0 radical (unpaired) electrons. The lowest BCUT2D eigenvalue weighted by Crippen LogP contribution is -2.15. The molecule has 0 bridgehead atoms. The average molecular weight is 256 g/mol. The molecule has 0 atom stereocenters. The second kappa shape index (κ2) is 15.0. The highest BCUT2D eigenvalue weighted by Crippen LogP contribution is 2.20. The van der Waals surface area contributed by atoms with Crippen molar-refractivity contribution >= 4 is 0 Å². The van der Waals surface area contributed by atoms with Crippen LogP contribution in [0.25, 0.3) is 0 Å². The molecule has 0 saturated heterocycles. The zero-order chi connectivity index (χ0) is 13.5. The van der Waals surface area contributed by atoms with Crippen molar-refractivity contribution in [3.05, 3.63) is 0 Å². The third kappa shape index (κ3) is 12.4. The van der Waals surface area contributed by atoms with Crippen molar-refractivity contribution in [3.63, 3.8) is 0 Å². The first-order valence-electron chi connectivity index (χ1n) is 8.26. The summed E-state index contributed by atoms with van der Waals surface area (Å²) < 4.78 is 0. The van der Waals surface area contributed by atoms with Gasteiger partial charge in [0, 0.05) is 0 Å². The van der Waals surface area contributed by atoms with Crippen LogP contribution in [0.1, 0.15) is 72.1 Å². The molecule has 0 heterocycles. The molecule has 0 amide bonds. The second-order valence-corrected chi connectivity index (χ2v) is 5.35. The number of nitrogens with one attached hydrogen (secondary N) is 2. The Kier molecular flexibility index (Phi) is 14.9. The lowest BCUT2D eigenvalue weighted by Gasteiger charge is -2.16. The molecule has 0 rings (SSSR count). The predicted octanol–water partition coefficient (Wildman–Crippen LogP) is 3.96. The molecule has 18 heavy (non-hydrogen) atoms. The fraction of sp³-hybridized carbons (Fsp3) is 1.00. The van der Waals surface area contributed by atoms with E-state index in [2.05, 4.69) is 31.4 Å². The number of unbranched alkanes of at least 4 members (excludes halogenated alkanes) is 2. The summed E-state index contributed by atoms with van der Waals surface area (Å²) in [7, 11) is 0. The van der Waals surface area contributed by atoms with Gasteiger partial charge in [0.25, 0.3) is 0 Å². The normalized spacial score (nSPS) is 11.3. The third-order valence-electron chi connectivity index (χ3n) is 3.63. The van der Waals surface area contributed by atoms with E-state index in [1.807, 2.05) is 0 Å². The van der Waals surface area contributed by atoms with Gasteiger partial charge in [-0.3, -0.25) is 0 Å². The zero-order valence-electron chi connectivity index (χ0n) is 13.1. The van der Waals surface area contributed by atoms with Gasteiger partial charge >= 0.3 is 0 Å². The summed E-state index contributed by atoms with van der Waals surface area (Å²) in [5.41, 5.74) is 0. The van der Waals surface area contributed by atoms with E-state index in [9.17, 15) is 0 Å². The largest absolute Gasteiger partial charge is 0.317 e. The van der Waals surface area contributed by atoms with Gasteiger partial charge in [-0.1, -0.05) is 59.3 Å². The predicted molar refractivity (Wildman–Crippen MR) is 83.2 cm³/mol. The molecule has 0 aromatic carbocycles. The first kappa shape index (κ1) is 17.9. The molecule has 2 N–H and O–H groups in total. The van der Waals surface area contributed by atoms with Gasteiger partial charge < -0.3 is 10.6 Å². The van der Waals surface area contributed by atoms with Gasteiger partial charge in [0.1, 0.15) is 0 Å². The third-order valence-corrected chi connectivity index (χ3v) is 3.63. The maximum absolute atomic E-state index is 3.41. The molecule has 0 saturated carbocycles. The topological polar surface area (TPSA) is 24.1 Å². The number of rotatable bonds is 14. The molecule has 0 aliphatic rings. The van der Waals surface area contributed by atoms with E-state index in [1.165, 1.54) is 64.5 Å². The van der Waals surface area contributed by atoms with Gasteiger partial charge in [-0.25, -0.2) is 0 Å². The minimum Gasteiger partial charge on any atom is -0.317 e. The summed E-state index contributed by atoms with van der Waals surface area (Å²) in [6, 6.07) is 0. The van der Waals surface area contributed by atoms with Crippen molar-refractivity contribution < 1.29 is 0 Å². The Labute approximate surface area is 115 Å². The van der Waals surface area contributed by atoms with Crippen molar-refractivity contribution in [2.45, 2.75) is 72.1 Å². The van der Waals surface area contributed by atoms with E-state index < -0.39 is 0 Å². The molecular weight excluding hydrogens is 220 g/mol. The molecule has 0 spiro atoms. The minimum atomic E-state index is 0.984. The Morgan fingerprint density at radius 3 is 1.56 bits per heavy atom. The Balaban J connectivity index is 3.45. The van der Waals surface area contributed by atoms with E-state index in [1.54, 1.807) is 0 Å². The van der Waals surface area contributed by atoms with Gasteiger partial charge in [-0.15, -0.1) is 0 Å². The van der Waals surface area contributed by atoms with Crippen LogP contribution in [0.5, 0.6) is 0 Å². The lowest BCUT2D eigenvalue weighted by atomic mass is 9.92. The maximum Gasteiger partial charge on any atom is -0.00490 e. The standard InChI is InChI=1S/C16H36N2/c1-4-11-16(12-7-9-14-17-5-2)13-8-10-15-18-6-3/h16-18H,4-15H2,1-3H3. The molecule has 2 nitrogen and oxygen atoms in total. The molecular formula is C16H36N2. The summed E-state index contributed by atoms with van der Waals surface area (Å²) in [6.07, 6.45) is 11.2. The molecule has 0 aromatic rings. The Hall–Kier alpha value is -0.0800. The summed E-state index contributed by atoms with van der Waals surface area (Å²) in [6.45, 7) is 11.3. The fourth-order valence-corrected chi connectivity index (χ4v) is 2.56. The van der Waals surface area contributed by atoms with Crippen LogP contribution >= 0.6 is 0 Å². The van der Waals surface area contributed by atoms with Crippen LogP contribution in [0.2, 0.25) is 0 Å². The van der Waals surface area contributed by atoms with Crippen molar-refractivity contribution in [3.8, 4) is 0 Å². The molecule has 0 unspecified atom stereocenters. The summed E-state index contributed by atoms with van der Waals surface area (Å²) >= 11 is 0. The van der Waals surface area contributed by atoms with Crippen molar-refractivity contribution in [2.75, 3.05) is 26.2 Å². The average Bonchev–Trinajstić information content (AvgIpc) is 2.38. The molecule has 110 valence electrons. The second-order valence-electron chi connectivity index (χ2n) is 5.35. The van der Waals surface area contributed by atoms with Gasteiger partial charge in [-0.05, 0) is 44.9 Å². The smallest absolute Gasteiger partial charge is 0.00490 e. The summed E-state index contributed by atoms with van der Waals surface area (Å²) in [4.78, 5) is 0. The van der Waals surface area contributed by atoms with Crippen LogP contribution < -0.4 is 10.6 Å². The summed E-state index contributed by atoms with van der Waals surface area (Å²) in [5, 5.41) is 6.82. The van der Waals surface area contributed by atoms with Crippen LogP contribution in [0.4, 0.5) is 0 Å². The molecule has 0 aliphatic carbocycles. The van der Waals surface area contributed by atoms with Gasteiger partial charge in [-0.2, -0.15) is 0 Å². The Morgan fingerprint density at radius 1 is 0.667 bits per heavy atom. The summed E-state index contributed by atoms with van der Waals surface area (Å²) in [5.74, 6) is 0.984. The highest BCUT2D eigenvalue weighted by Gasteiger charge is 2.07. The van der Waals surface area contributed by atoms with Crippen LogP contribution in [0.3, 0.4) is 0 Å². The fourth-order valence-electron chi connectivity index (χ4n) is 2.56. The minimum absolute atomic E-state index is 0.984. The molecule has 0 aliphatic heterocycles.